The van der Waals surface area contributed by atoms with Crippen LogP contribution in [0.25, 0.3) is 10.9 Å². The fraction of sp³-hybridized carbons (Fsp3) is 0. The van der Waals surface area contributed by atoms with Crippen LogP contribution in [0.3, 0.4) is 0 Å². The monoisotopic (exact) mass is 273 g/mol. The van der Waals surface area contributed by atoms with Gasteiger partial charge >= 0.3 is 0 Å². The summed E-state index contributed by atoms with van der Waals surface area (Å²) >= 11 is 5.92. The molecular formula is C13H8ClN3O2. The minimum atomic E-state index is -0.311. The lowest BCUT2D eigenvalue weighted by Gasteiger charge is -2.06. The Labute approximate surface area is 113 Å². The van der Waals surface area contributed by atoms with Crippen LogP contribution in [0, 0.1) is 0 Å². The molecule has 2 heterocycles. The second-order valence-corrected chi connectivity index (χ2v) is 4.24. The van der Waals surface area contributed by atoms with Crippen LogP contribution in [0.15, 0.2) is 47.2 Å². The maximum Gasteiger partial charge on any atom is 0.257 e. The minimum Gasteiger partial charge on any atom is -0.363 e. The zero-order valence-corrected chi connectivity index (χ0v) is 10.4. The van der Waals surface area contributed by atoms with Gasteiger partial charge < -0.3 is 9.84 Å². The van der Waals surface area contributed by atoms with Crippen molar-refractivity contribution in [3.8, 4) is 0 Å². The van der Waals surface area contributed by atoms with Crippen molar-refractivity contribution >= 4 is 34.2 Å². The number of carbonyl (C=O) groups is 1. The summed E-state index contributed by atoms with van der Waals surface area (Å²) in [7, 11) is 0. The first-order chi connectivity index (χ1) is 9.24. The van der Waals surface area contributed by atoms with E-state index in [0.717, 1.165) is 5.39 Å². The number of benzene rings is 1. The van der Waals surface area contributed by atoms with Crippen molar-refractivity contribution in [2.45, 2.75) is 0 Å². The van der Waals surface area contributed by atoms with Crippen molar-refractivity contribution in [3.05, 3.63) is 53.4 Å². The number of halogens is 1. The average Bonchev–Trinajstić information content (AvgIpc) is 2.90. The van der Waals surface area contributed by atoms with Crippen LogP contribution >= 0.6 is 11.6 Å². The highest BCUT2D eigenvalue weighted by Crippen LogP contribution is 2.21. The quantitative estimate of drug-likeness (QED) is 0.728. The molecule has 0 radical (unpaired) electrons. The highest BCUT2D eigenvalue weighted by Gasteiger charge is 2.13. The molecule has 0 saturated carbocycles. The number of carbonyl (C=O) groups excluding carboxylic acids is 1. The molecule has 1 N–H and O–H groups in total. The lowest BCUT2D eigenvalue weighted by atomic mass is 10.1. The van der Waals surface area contributed by atoms with Crippen LogP contribution in [-0.2, 0) is 0 Å². The lowest BCUT2D eigenvalue weighted by Crippen LogP contribution is -2.13. The minimum absolute atomic E-state index is 0.268. The molecule has 1 aromatic carbocycles. The molecule has 1 amide bonds. The number of nitrogens with zero attached hydrogens (tertiary/aromatic N) is 2. The Balaban J connectivity index is 2.06. The molecule has 0 atom stereocenters. The van der Waals surface area contributed by atoms with Crippen LogP contribution in [0.1, 0.15) is 10.4 Å². The van der Waals surface area contributed by atoms with E-state index in [9.17, 15) is 4.79 Å². The van der Waals surface area contributed by atoms with Crippen molar-refractivity contribution in [2.75, 3.05) is 5.32 Å². The number of fused-ring (bicyclic) bond motifs is 1. The zero-order valence-electron chi connectivity index (χ0n) is 9.63. The summed E-state index contributed by atoms with van der Waals surface area (Å²) in [5.41, 5.74) is 1.11. The maximum atomic E-state index is 12.2. The van der Waals surface area contributed by atoms with E-state index in [-0.39, 0.29) is 11.1 Å². The molecule has 3 aromatic rings. The molecule has 6 heteroatoms. The number of rotatable bonds is 2. The predicted molar refractivity (Wildman–Crippen MR) is 71.2 cm³/mol. The predicted octanol–water partition coefficient (Wildman–Crippen LogP) is 3.13. The highest BCUT2D eigenvalue weighted by atomic mass is 35.5. The molecule has 0 aliphatic rings. The first-order valence-corrected chi connectivity index (χ1v) is 5.89. The van der Waals surface area contributed by atoms with Crippen LogP contribution < -0.4 is 5.32 Å². The summed E-state index contributed by atoms with van der Waals surface area (Å²) in [6.07, 6.45) is 1.38. The van der Waals surface area contributed by atoms with E-state index >= 15 is 0 Å². The van der Waals surface area contributed by atoms with Gasteiger partial charge in [0.2, 0.25) is 0 Å². The molecule has 19 heavy (non-hydrogen) atoms. The molecule has 3 rings (SSSR count). The van der Waals surface area contributed by atoms with Gasteiger partial charge in [0.15, 0.2) is 5.82 Å². The summed E-state index contributed by atoms with van der Waals surface area (Å²) in [6.45, 7) is 0. The molecule has 0 aliphatic carbocycles. The molecule has 94 valence electrons. The third-order valence-corrected chi connectivity index (χ3v) is 2.80. The molecule has 0 fully saturated rings. The van der Waals surface area contributed by atoms with Gasteiger partial charge in [0.1, 0.15) is 11.4 Å². The van der Waals surface area contributed by atoms with Gasteiger partial charge in [-0.05, 0) is 12.1 Å². The molecule has 5 nitrogen and oxygen atoms in total. The standard InChI is InChI=1S/C13H8ClN3O2/c14-11-7-9(8-3-1-2-4-10(8)15-11)13(18)16-12-5-6-19-17-12/h1-7H,(H,16,17,18). The zero-order chi connectivity index (χ0) is 13.2. The fourth-order valence-electron chi connectivity index (χ4n) is 1.79. The van der Waals surface area contributed by atoms with Crippen LogP contribution in [0.4, 0.5) is 5.82 Å². The van der Waals surface area contributed by atoms with E-state index in [1.165, 1.54) is 12.3 Å². The number of aromatic nitrogens is 2. The Morgan fingerprint density at radius 1 is 1.26 bits per heavy atom. The van der Waals surface area contributed by atoms with E-state index in [0.29, 0.717) is 16.9 Å². The second kappa shape index (κ2) is 4.70. The van der Waals surface area contributed by atoms with Gasteiger partial charge in [0.25, 0.3) is 5.91 Å². The largest absolute Gasteiger partial charge is 0.363 e. The third-order valence-electron chi connectivity index (χ3n) is 2.61. The molecule has 0 saturated heterocycles. The molecule has 0 aliphatic heterocycles. The van der Waals surface area contributed by atoms with E-state index in [1.807, 2.05) is 18.2 Å². The van der Waals surface area contributed by atoms with E-state index in [4.69, 9.17) is 11.6 Å². The molecule has 0 unspecified atom stereocenters. The first kappa shape index (κ1) is 11.7. The summed E-state index contributed by atoms with van der Waals surface area (Å²) in [5.74, 6) is 0.0383. The van der Waals surface area contributed by atoms with Gasteiger partial charge in [0.05, 0.1) is 11.1 Å². The Bertz CT molecular complexity index is 741. The number of amides is 1. The SMILES string of the molecule is O=C(Nc1ccon1)c1cc(Cl)nc2ccccc12. The Morgan fingerprint density at radius 2 is 2.11 bits per heavy atom. The highest BCUT2D eigenvalue weighted by molar-refractivity contribution is 6.30. The first-order valence-electron chi connectivity index (χ1n) is 5.51. The Morgan fingerprint density at radius 3 is 2.89 bits per heavy atom. The number of para-hydroxylation sites is 1. The van der Waals surface area contributed by atoms with Gasteiger partial charge in [-0.3, -0.25) is 4.79 Å². The average molecular weight is 274 g/mol. The number of hydrogen-bond acceptors (Lipinski definition) is 4. The van der Waals surface area contributed by atoms with E-state index in [1.54, 1.807) is 12.1 Å². The van der Waals surface area contributed by atoms with Crippen LogP contribution in [0.5, 0.6) is 0 Å². The van der Waals surface area contributed by atoms with E-state index < -0.39 is 0 Å². The summed E-state index contributed by atoms with van der Waals surface area (Å²) in [4.78, 5) is 16.4. The Hall–Kier alpha value is -2.40. The summed E-state index contributed by atoms with van der Waals surface area (Å²) < 4.78 is 4.66. The van der Waals surface area contributed by atoms with Crippen molar-refractivity contribution in [2.24, 2.45) is 0 Å². The van der Waals surface area contributed by atoms with Crippen LogP contribution in [-0.4, -0.2) is 16.0 Å². The van der Waals surface area contributed by atoms with Crippen molar-refractivity contribution in [1.29, 1.82) is 0 Å². The van der Waals surface area contributed by atoms with Gasteiger partial charge in [0, 0.05) is 11.5 Å². The summed E-state index contributed by atoms with van der Waals surface area (Å²) in [5, 5.41) is 7.25. The van der Waals surface area contributed by atoms with Gasteiger partial charge in [-0.1, -0.05) is 35.0 Å². The second-order valence-electron chi connectivity index (χ2n) is 3.85. The fourth-order valence-corrected chi connectivity index (χ4v) is 1.99. The van der Waals surface area contributed by atoms with Crippen molar-refractivity contribution < 1.29 is 9.32 Å². The molecule has 0 spiro atoms. The number of hydrogen-bond donors (Lipinski definition) is 1. The Kier molecular flexibility index (Phi) is 2.89. The van der Waals surface area contributed by atoms with Gasteiger partial charge in [-0.2, -0.15) is 0 Å². The van der Waals surface area contributed by atoms with Gasteiger partial charge in [-0.15, -0.1) is 0 Å². The third kappa shape index (κ3) is 2.28. The molecular weight excluding hydrogens is 266 g/mol. The molecule has 2 aromatic heterocycles. The maximum absolute atomic E-state index is 12.2. The van der Waals surface area contributed by atoms with Crippen LogP contribution in [0.2, 0.25) is 5.15 Å². The molecule has 0 bridgehead atoms. The van der Waals surface area contributed by atoms with Crippen molar-refractivity contribution in [3.63, 3.8) is 0 Å². The number of nitrogens with one attached hydrogen (secondary N) is 1. The summed E-state index contributed by atoms with van der Waals surface area (Å²) in [6, 6.07) is 10.4. The topological polar surface area (TPSA) is 68.0 Å². The van der Waals surface area contributed by atoms with E-state index in [2.05, 4.69) is 20.0 Å². The van der Waals surface area contributed by atoms with Crippen molar-refractivity contribution in [1.82, 2.24) is 10.1 Å². The normalized spacial score (nSPS) is 10.6. The number of pyridine rings is 1. The van der Waals surface area contributed by atoms with Gasteiger partial charge in [-0.25, -0.2) is 4.98 Å². The lowest BCUT2D eigenvalue weighted by molar-refractivity contribution is 0.102. The number of anilines is 1. The smallest absolute Gasteiger partial charge is 0.257 e.